The molecule has 3 N–H and O–H groups in total. The second kappa shape index (κ2) is 11.7. The molecule has 4 unspecified atom stereocenters. The topological polar surface area (TPSA) is 73.5 Å². The summed E-state index contributed by atoms with van der Waals surface area (Å²) in [7, 11) is 1.94. The molecule has 0 aliphatic carbocycles. The minimum atomic E-state index is 0.0324. The molecule has 0 amide bonds. The maximum absolute atomic E-state index is 11.6. The van der Waals surface area contributed by atoms with E-state index in [9.17, 15) is 9.59 Å². The second-order valence-electron chi connectivity index (χ2n) is 7.48. The maximum atomic E-state index is 11.6. The van der Waals surface area contributed by atoms with Crippen LogP contribution < -0.4 is 16.3 Å². The third-order valence-corrected chi connectivity index (χ3v) is 4.37. The molecule has 4 atom stereocenters. The Morgan fingerprint density at radius 2 is 1.40 bits per heavy atom. The predicted molar refractivity (Wildman–Crippen MR) is 104 cm³/mol. The van der Waals surface area contributed by atoms with Gasteiger partial charge in [0.2, 0.25) is 0 Å². The van der Waals surface area contributed by atoms with Crippen molar-refractivity contribution in [3.63, 3.8) is 0 Å². The Labute approximate surface area is 154 Å². The molecule has 0 spiro atoms. The highest BCUT2D eigenvalue weighted by molar-refractivity contribution is 5.86. The number of Topliss-reactive ketones (excluding diaryl/α,β-unsaturated/α-hetero) is 2. The smallest absolute Gasteiger partial charge is 0.153 e. The molecule has 2 aliphatic rings. The van der Waals surface area contributed by atoms with E-state index in [-0.39, 0.29) is 23.9 Å². The third-order valence-electron chi connectivity index (χ3n) is 4.37. The zero-order valence-electron chi connectivity index (χ0n) is 17.6. The minimum Gasteiger partial charge on any atom is -0.298 e. The predicted octanol–water partition coefficient (Wildman–Crippen LogP) is 2.30. The molecule has 0 radical (unpaired) electrons. The molecule has 25 heavy (non-hydrogen) atoms. The molecule has 2 aliphatic heterocycles. The number of likely N-dealkylation sites (N-methyl/N-ethyl adjacent to an activating group) is 1. The number of carbonyl (C=O) groups excluding carboxylic acids is 2. The Hall–Kier alpha value is -0.820. The third kappa shape index (κ3) is 7.94. The van der Waals surface area contributed by atoms with E-state index in [0.717, 1.165) is 12.8 Å². The van der Waals surface area contributed by atoms with Crippen LogP contribution in [0.25, 0.3) is 0 Å². The number of nitrogens with zero attached hydrogens (tertiary/aromatic N) is 1. The first kappa shape index (κ1) is 24.2. The van der Waals surface area contributed by atoms with Crippen molar-refractivity contribution >= 4 is 11.6 Å². The maximum Gasteiger partial charge on any atom is 0.153 e. The van der Waals surface area contributed by atoms with Gasteiger partial charge in [-0.05, 0) is 26.7 Å². The first-order chi connectivity index (χ1) is 11.6. The van der Waals surface area contributed by atoms with E-state index < -0.39 is 0 Å². The number of carbonyl (C=O) groups is 2. The van der Waals surface area contributed by atoms with Crippen LogP contribution in [-0.2, 0) is 9.59 Å². The minimum absolute atomic E-state index is 0.0324. The van der Waals surface area contributed by atoms with E-state index >= 15 is 0 Å². The quantitative estimate of drug-likeness (QED) is 0.718. The van der Waals surface area contributed by atoms with Crippen LogP contribution in [0, 0.1) is 11.8 Å². The zero-order chi connectivity index (χ0) is 19.7. The lowest BCUT2D eigenvalue weighted by Gasteiger charge is -2.19. The first-order valence-corrected chi connectivity index (χ1v) is 9.71. The molecule has 2 heterocycles. The van der Waals surface area contributed by atoms with Gasteiger partial charge in [0.05, 0.1) is 12.1 Å². The van der Waals surface area contributed by atoms with Gasteiger partial charge in [0.25, 0.3) is 0 Å². The summed E-state index contributed by atoms with van der Waals surface area (Å²) < 4.78 is 0. The van der Waals surface area contributed by atoms with Crippen molar-refractivity contribution < 1.29 is 9.59 Å². The Morgan fingerprint density at radius 1 is 0.880 bits per heavy atom. The van der Waals surface area contributed by atoms with E-state index in [1.54, 1.807) is 0 Å². The van der Waals surface area contributed by atoms with Gasteiger partial charge in [0, 0.05) is 31.0 Å². The van der Waals surface area contributed by atoms with Crippen LogP contribution in [0.15, 0.2) is 0 Å². The molecular weight excluding hydrogens is 316 g/mol. The van der Waals surface area contributed by atoms with E-state index in [1.165, 1.54) is 0 Å². The average Bonchev–Trinajstić information content (AvgIpc) is 3.13. The van der Waals surface area contributed by atoms with Crippen LogP contribution >= 0.6 is 0 Å². The van der Waals surface area contributed by atoms with Gasteiger partial charge in [-0.25, -0.2) is 10.4 Å². The SMILES string of the molecule is CC.CC1CC(C(=O)C(C)C)N(C)N1.CC1CC(C(=O)C(C)C)NN1. The number of ketones is 2. The van der Waals surface area contributed by atoms with Crippen molar-refractivity contribution in [1.82, 2.24) is 21.3 Å². The van der Waals surface area contributed by atoms with Gasteiger partial charge < -0.3 is 0 Å². The molecule has 6 nitrogen and oxygen atoms in total. The van der Waals surface area contributed by atoms with Gasteiger partial charge >= 0.3 is 0 Å². The Balaban J connectivity index is 0.000000421. The molecule has 6 heteroatoms. The molecule has 0 aromatic heterocycles. The standard InChI is InChI=1S/C9H18N2O.C8H16N2O.C2H6/c1-6(2)9(12)8-5-7(3)10-11(8)4;1-5(2)8(11)7-4-6(3)9-10-7;1-2/h6-8,10H,5H2,1-4H3;5-7,9-10H,4H2,1-3H3;1-2H3. The molecular formula is C19H40N4O2. The fourth-order valence-electron chi connectivity index (χ4n) is 2.98. The highest BCUT2D eigenvalue weighted by atomic mass is 16.1. The summed E-state index contributed by atoms with van der Waals surface area (Å²) in [6.07, 6.45) is 1.85. The van der Waals surface area contributed by atoms with Crippen molar-refractivity contribution in [1.29, 1.82) is 0 Å². The summed E-state index contributed by atoms with van der Waals surface area (Å²) in [6.45, 7) is 16.0. The normalized spacial score (nSPS) is 29.1. The largest absolute Gasteiger partial charge is 0.298 e. The molecule has 2 rings (SSSR count). The van der Waals surface area contributed by atoms with Gasteiger partial charge in [0.1, 0.15) is 0 Å². The zero-order valence-corrected chi connectivity index (χ0v) is 17.6. The van der Waals surface area contributed by atoms with Crippen LogP contribution in [0.2, 0.25) is 0 Å². The average molecular weight is 357 g/mol. The van der Waals surface area contributed by atoms with Gasteiger partial charge in [0.15, 0.2) is 11.6 Å². The fraction of sp³-hybridized carbons (Fsp3) is 0.895. The van der Waals surface area contributed by atoms with Crippen LogP contribution in [0.5, 0.6) is 0 Å². The van der Waals surface area contributed by atoms with E-state index in [4.69, 9.17) is 0 Å². The molecule has 0 aromatic carbocycles. The Bertz CT molecular complexity index is 412. The van der Waals surface area contributed by atoms with Crippen molar-refractivity contribution in [3.8, 4) is 0 Å². The molecule has 148 valence electrons. The Morgan fingerprint density at radius 3 is 1.72 bits per heavy atom. The summed E-state index contributed by atoms with van der Waals surface area (Å²) in [5, 5.41) is 1.94. The number of hydrogen-bond acceptors (Lipinski definition) is 6. The number of nitrogens with one attached hydrogen (secondary N) is 3. The highest BCUT2D eigenvalue weighted by Crippen LogP contribution is 2.16. The van der Waals surface area contributed by atoms with E-state index in [1.807, 2.05) is 53.6 Å². The summed E-state index contributed by atoms with van der Waals surface area (Å²) in [5.41, 5.74) is 9.24. The van der Waals surface area contributed by atoms with Gasteiger partial charge in [-0.3, -0.25) is 20.4 Å². The van der Waals surface area contributed by atoms with Crippen LogP contribution in [0.4, 0.5) is 0 Å². The monoisotopic (exact) mass is 356 g/mol. The summed E-state index contributed by atoms with van der Waals surface area (Å²) in [4.78, 5) is 23.0. The van der Waals surface area contributed by atoms with Gasteiger partial charge in [-0.2, -0.15) is 0 Å². The van der Waals surface area contributed by atoms with Crippen molar-refractivity contribution in [2.24, 2.45) is 11.8 Å². The highest BCUT2D eigenvalue weighted by Gasteiger charge is 2.32. The number of rotatable bonds is 4. The van der Waals surface area contributed by atoms with Crippen LogP contribution in [-0.4, -0.2) is 47.8 Å². The number of hydrazine groups is 2. The fourth-order valence-corrected chi connectivity index (χ4v) is 2.98. The molecule has 0 aromatic rings. The van der Waals surface area contributed by atoms with E-state index in [2.05, 4.69) is 30.1 Å². The van der Waals surface area contributed by atoms with Crippen molar-refractivity contribution in [2.75, 3.05) is 7.05 Å². The molecule has 0 saturated carbocycles. The summed E-state index contributed by atoms with van der Waals surface area (Å²) in [5.74, 6) is 0.931. The lowest BCUT2D eigenvalue weighted by Crippen LogP contribution is -2.40. The molecule has 2 saturated heterocycles. The van der Waals surface area contributed by atoms with Crippen LogP contribution in [0.1, 0.15) is 68.2 Å². The lowest BCUT2D eigenvalue weighted by atomic mass is 9.98. The van der Waals surface area contributed by atoms with Crippen molar-refractivity contribution in [2.45, 2.75) is 92.4 Å². The second-order valence-corrected chi connectivity index (χ2v) is 7.48. The molecule has 2 fully saturated rings. The summed E-state index contributed by atoms with van der Waals surface area (Å²) >= 11 is 0. The lowest BCUT2D eigenvalue weighted by molar-refractivity contribution is -0.126. The Kier molecular flexibility index (Phi) is 11.3. The van der Waals surface area contributed by atoms with E-state index in [0.29, 0.717) is 23.7 Å². The van der Waals surface area contributed by atoms with Gasteiger partial charge in [-0.1, -0.05) is 41.5 Å². The van der Waals surface area contributed by atoms with Crippen LogP contribution in [0.3, 0.4) is 0 Å². The number of hydrogen-bond donors (Lipinski definition) is 3. The summed E-state index contributed by atoms with van der Waals surface area (Å²) in [6, 6.07) is 0.968. The van der Waals surface area contributed by atoms with Gasteiger partial charge in [-0.15, -0.1) is 0 Å². The first-order valence-electron chi connectivity index (χ1n) is 9.71. The van der Waals surface area contributed by atoms with Crippen molar-refractivity contribution in [3.05, 3.63) is 0 Å². The molecule has 0 bridgehead atoms.